The first-order valence-corrected chi connectivity index (χ1v) is 7.90. The summed E-state index contributed by atoms with van der Waals surface area (Å²) < 4.78 is 11.3. The third kappa shape index (κ3) is 3.29. The van der Waals surface area contributed by atoms with Crippen LogP contribution in [0.3, 0.4) is 0 Å². The highest BCUT2D eigenvalue weighted by Gasteiger charge is 2.41. The maximum absolute atomic E-state index is 12.7. The molecule has 1 fully saturated rings. The molecule has 1 saturated carbocycles. The van der Waals surface area contributed by atoms with E-state index in [2.05, 4.69) is 0 Å². The first-order chi connectivity index (χ1) is 11.1. The number of fused-ring (bicyclic) bond motifs is 1. The Labute approximate surface area is 134 Å². The molecule has 0 spiro atoms. The smallest absolute Gasteiger partial charge is 0.332 e. The van der Waals surface area contributed by atoms with E-state index in [1.807, 2.05) is 30.3 Å². The van der Waals surface area contributed by atoms with Crippen molar-refractivity contribution in [2.24, 2.45) is 5.92 Å². The summed E-state index contributed by atoms with van der Waals surface area (Å²) in [7, 11) is 0. The Morgan fingerprint density at radius 3 is 2.74 bits per heavy atom. The van der Waals surface area contributed by atoms with Crippen molar-refractivity contribution in [3.8, 4) is 0 Å². The largest absolute Gasteiger partial charge is 0.496 e. The Morgan fingerprint density at radius 2 is 2.04 bits per heavy atom. The van der Waals surface area contributed by atoms with Crippen LogP contribution in [0.25, 0.3) is 5.57 Å². The number of carbonyl (C=O) groups is 2. The molecule has 1 heterocycles. The van der Waals surface area contributed by atoms with Gasteiger partial charge >= 0.3 is 5.97 Å². The molecule has 1 aromatic carbocycles. The van der Waals surface area contributed by atoms with Gasteiger partial charge in [-0.1, -0.05) is 30.3 Å². The van der Waals surface area contributed by atoms with Gasteiger partial charge in [-0.15, -0.1) is 0 Å². The number of ether oxygens (including phenoxy) is 2. The van der Waals surface area contributed by atoms with Crippen molar-refractivity contribution in [1.82, 2.24) is 0 Å². The van der Waals surface area contributed by atoms with E-state index in [0.717, 1.165) is 5.56 Å². The predicted octanol–water partition coefficient (Wildman–Crippen LogP) is 2.65. The van der Waals surface area contributed by atoms with Gasteiger partial charge in [0.15, 0.2) is 11.9 Å². The molecule has 4 unspecified atom stereocenters. The van der Waals surface area contributed by atoms with Crippen molar-refractivity contribution in [2.75, 3.05) is 0 Å². The van der Waals surface area contributed by atoms with Gasteiger partial charge in [-0.3, -0.25) is 4.79 Å². The zero-order valence-electron chi connectivity index (χ0n) is 13.0. The fraction of sp³-hybridized carbons (Fsp3) is 0.444. The second kappa shape index (κ2) is 6.54. The average molecular weight is 316 g/mol. The first-order valence-electron chi connectivity index (χ1n) is 7.90. The summed E-state index contributed by atoms with van der Waals surface area (Å²) >= 11 is 0. The number of benzene rings is 1. The molecule has 5 heteroatoms. The van der Waals surface area contributed by atoms with Gasteiger partial charge in [-0.2, -0.15) is 0 Å². The second-order valence-corrected chi connectivity index (χ2v) is 6.09. The number of Topliss-reactive ketones (excluding diaryl/α,β-unsaturated/α-hetero) is 1. The van der Waals surface area contributed by atoms with Crippen LogP contribution in [0.15, 0.2) is 36.6 Å². The third-order valence-electron chi connectivity index (χ3n) is 4.54. The molecule has 1 aliphatic carbocycles. The van der Waals surface area contributed by atoms with Gasteiger partial charge in [-0.25, -0.2) is 4.79 Å². The fourth-order valence-electron chi connectivity index (χ4n) is 3.25. The Morgan fingerprint density at radius 1 is 1.30 bits per heavy atom. The lowest BCUT2D eigenvalue weighted by Gasteiger charge is -2.38. The van der Waals surface area contributed by atoms with Gasteiger partial charge in [0.1, 0.15) is 6.10 Å². The van der Waals surface area contributed by atoms with Crippen LogP contribution in [0, 0.1) is 5.92 Å². The fourth-order valence-corrected chi connectivity index (χ4v) is 3.25. The minimum Gasteiger partial charge on any atom is -0.496 e. The molecule has 4 atom stereocenters. The van der Waals surface area contributed by atoms with Gasteiger partial charge in [0.05, 0.1) is 23.9 Å². The Kier molecular flexibility index (Phi) is 4.48. The molecule has 5 nitrogen and oxygen atoms in total. The molecule has 1 aromatic rings. The van der Waals surface area contributed by atoms with Crippen LogP contribution in [0.2, 0.25) is 0 Å². The maximum Gasteiger partial charge on any atom is 0.332 e. The lowest BCUT2D eigenvalue weighted by Crippen LogP contribution is -2.42. The molecule has 0 saturated heterocycles. The number of hydrogen-bond acceptors (Lipinski definition) is 4. The first kappa shape index (κ1) is 15.7. The van der Waals surface area contributed by atoms with Crippen molar-refractivity contribution < 1.29 is 24.2 Å². The van der Waals surface area contributed by atoms with Crippen LogP contribution in [-0.4, -0.2) is 35.2 Å². The van der Waals surface area contributed by atoms with E-state index in [4.69, 9.17) is 14.6 Å². The number of carbonyl (C=O) groups excluding carboxylic acids is 1. The highest BCUT2D eigenvalue weighted by molar-refractivity contribution is 6.22. The number of carboxylic acids is 1. The normalized spacial score (nSPS) is 28.3. The van der Waals surface area contributed by atoms with Crippen LogP contribution in [0.1, 0.15) is 31.7 Å². The minimum atomic E-state index is -0.973. The summed E-state index contributed by atoms with van der Waals surface area (Å²) in [4.78, 5) is 23.6. The van der Waals surface area contributed by atoms with Crippen LogP contribution in [0.4, 0.5) is 0 Å². The molecule has 1 aliphatic heterocycles. The van der Waals surface area contributed by atoms with Crippen molar-refractivity contribution >= 4 is 17.3 Å². The minimum absolute atomic E-state index is 0.109. The summed E-state index contributed by atoms with van der Waals surface area (Å²) in [6, 6.07) is 9.50. The van der Waals surface area contributed by atoms with Gasteiger partial charge in [0, 0.05) is 6.42 Å². The summed E-state index contributed by atoms with van der Waals surface area (Å²) in [5, 5.41) is 8.93. The average Bonchev–Trinajstić information content (AvgIpc) is 2.56. The number of carboxylic acid groups (broad SMARTS) is 1. The van der Waals surface area contributed by atoms with Crippen molar-refractivity contribution in [2.45, 2.75) is 44.5 Å². The van der Waals surface area contributed by atoms with Crippen molar-refractivity contribution in [3.05, 3.63) is 42.2 Å². The molecule has 122 valence electrons. The van der Waals surface area contributed by atoms with E-state index in [0.29, 0.717) is 24.8 Å². The quantitative estimate of drug-likeness (QED) is 0.924. The summed E-state index contributed by atoms with van der Waals surface area (Å²) in [6.45, 7) is 1.52. The molecule has 3 rings (SSSR count). The molecular weight excluding hydrogens is 296 g/mol. The lowest BCUT2D eigenvalue weighted by atomic mass is 9.78. The number of rotatable bonds is 4. The second-order valence-electron chi connectivity index (χ2n) is 6.09. The topological polar surface area (TPSA) is 72.8 Å². The summed E-state index contributed by atoms with van der Waals surface area (Å²) in [5.41, 5.74) is 1.49. The number of aliphatic carboxylic acids is 1. The zero-order valence-corrected chi connectivity index (χ0v) is 13.0. The van der Waals surface area contributed by atoms with Crippen molar-refractivity contribution in [3.63, 3.8) is 0 Å². The van der Waals surface area contributed by atoms with Gasteiger partial charge in [0.25, 0.3) is 0 Å². The van der Waals surface area contributed by atoms with Crippen LogP contribution < -0.4 is 0 Å². The zero-order chi connectivity index (χ0) is 16.4. The highest BCUT2D eigenvalue weighted by atomic mass is 16.5. The number of hydrogen-bond donors (Lipinski definition) is 1. The lowest BCUT2D eigenvalue weighted by molar-refractivity contribution is -0.157. The van der Waals surface area contributed by atoms with Crippen LogP contribution >= 0.6 is 0 Å². The van der Waals surface area contributed by atoms with E-state index < -0.39 is 12.1 Å². The van der Waals surface area contributed by atoms with Gasteiger partial charge < -0.3 is 14.6 Å². The molecular formula is C18H20O5. The Balaban J connectivity index is 1.70. The molecule has 0 bridgehead atoms. The standard InChI is InChI=1S/C18H20O5/c1-11(18(20)21)23-13-7-8-14-16(9-13)22-10-15(17(14)19)12-5-3-2-4-6-12/h2-6,10-11,13-14,16H,7-9H2,1H3,(H,20,21). The maximum atomic E-state index is 12.7. The molecule has 0 amide bonds. The van der Waals surface area contributed by atoms with Crippen LogP contribution in [0.5, 0.6) is 0 Å². The number of ketones is 1. The summed E-state index contributed by atoms with van der Waals surface area (Å²) in [6.07, 6.45) is 2.18. The highest BCUT2D eigenvalue weighted by Crippen LogP contribution is 2.37. The van der Waals surface area contributed by atoms with Gasteiger partial charge in [0.2, 0.25) is 0 Å². The summed E-state index contributed by atoms with van der Waals surface area (Å²) in [5.74, 6) is -1.04. The molecule has 0 aromatic heterocycles. The SMILES string of the molecule is CC(OC1CCC2C(=O)C(c3ccccc3)=COC2C1)C(=O)O. The molecule has 23 heavy (non-hydrogen) atoms. The third-order valence-corrected chi connectivity index (χ3v) is 4.54. The van der Waals surface area contributed by atoms with Crippen LogP contribution in [-0.2, 0) is 19.1 Å². The van der Waals surface area contributed by atoms with Gasteiger partial charge in [-0.05, 0) is 25.3 Å². The Hall–Kier alpha value is -2.14. The van der Waals surface area contributed by atoms with E-state index in [1.54, 1.807) is 6.26 Å². The molecule has 0 radical (unpaired) electrons. The van der Waals surface area contributed by atoms with E-state index in [-0.39, 0.29) is 23.9 Å². The monoisotopic (exact) mass is 316 g/mol. The Bertz CT molecular complexity index is 622. The number of allylic oxidation sites excluding steroid dienone is 1. The van der Waals surface area contributed by atoms with E-state index >= 15 is 0 Å². The van der Waals surface area contributed by atoms with Crippen molar-refractivity contribution in [1.29, 1.82) is 0 Å². The molecule has 1 N–H and O–H groups in total. The molecule has 2 aliphatic rings. The van der Waals surface area contributed by atoms with E-state index in [1.165, 1.54) is 6.92 Å². The van der Waals surface area contributed by atoms with E-state index in [9.17, 15) is 9.59 Å². The predicted molar refractivity (Wildman–Crippen MR) is 83.6 cm³/mol.